The van der Waals surface area contributed by atoms with Gasteiger partial charge in [-0.25, -0.2) is 9.78 Å². The third-order valence-corrected chi connectivity index (χ3v) is 5.30. The predicted octanol–water partition coefficient (Wildman–Crippen LogP) is -3.12. The first-order valence-corrected chi connectivity index (χ1v) is 10.4. The van der Waals surface area contributed by atoms with Gasteiger partial charge < -0.3 is 37.1 Å². The van der Waals surface area contributed by atoms with Crippen LogP contribution in [-0.2, 0) is 30.4 Å². The molecule has 1 aromatic rings. The average molecular weight is 480 g/mol. The van der Waals surface area contributed by atoms with Gasteiger partial charge in [0, 0.05) is 31.9 Å². The maximum Gasteiger partial charge on any atom is 0.324 e. The van der Waals surface area contributed by atoms with Crippen LogP contribution in [0, 0.1) is 0 Å². The van der Waals surface area contributed by atoms with Gasteiger partial charge in [-0.15, -0.1) is 0 Å². The molecule has 0 aliphatic carbocycles. The summed E-state index contributed by atoms with van der Waals surface area (Å²) in [5, 5.41) is 12.6. The lowest BCUT2D eigenvalue weighted by Crippen LogP contribution is -2.61. The largest absolute Gasteiger partial charge is 0.480 e. The Morgan fingerprint density at radius 2 is 2.00 bits per heavy atom. The van der Waals surface area contributed by atoms with Gasteiger partial charge in [0.1, 0.15) is 18.1 Å². The van der Waals surface area contributed by atoms with Crippen molar-refractivity contribution in [2.75, 3.05) is 20.1 Å². The first-order chi connectivity index (χ1) is 16.0. The summed E-state index contributed by atoms with van der Waals surface area (Å²) in [4.78, 5) is 79.4. The molecule has 6 amide bonds. The number of nitrogens with two attached hydrogens (primary N) is 2. The second-order valence-corrected chi connectivity index (χ2v) is 7.69. The summed E-state index contributed by atoms with van der Waals surface area (Å²) in [5.41, 5.74) is 10.6. The fourth-order valence-electron chi connectivity index (χ4n) is 3.50. The van der Waals surface area contributed by atoms with E-state index in [1.165, 1.54) is 24.5 Å². The normalized spacial score (nSPS) is 20.6. The number of amides is 6. The third kappa shape index (κ3) is 6.74. The van der Waals surface area contributed by atoms with Crippen molar-refractivity contribution in [3.63, 3.8) is 0 Å². The van der Waals surface area contributed by atoms with E-state index < -0.39 is 53.8 Å². The molecular formula is C19H28N8O7. The zero-order valence-electron chi connectivity index (χ0n) is 18.5. The average Bonchev–Trinajstić information content (AvgIpc) is 3.48. The van der Waals surface area contributed by atoms with Gasteiger partial charge in [-0.2, -0.15) is 0 Å². The Kier molecular flexibility index (Phi) is 9.06. The highest BCUT2D eigenvalue weighted by Crippen LogP contribution is 2.19. The lowest BCUT2D eigenvalue weighted by atomic mass is 10.1. The highest BCUT2D eigenvalue weighted by molar-refractivity contribution is 6.03. The molecule has 2 aliphatic rings. The molecule has 15 nitrogen and oxygen atoms in total. The summed E-state index contributed by atoms with van der Waals surface area (Å²) in [6.07, 6.45) is 3.93. The van der Waals surface area contributed by atoms with E-state index in [1.54, 1.807) is 0 Å². The van der Waals surface area contributed by atoms with Crippen LogP contribution in [0.2, 0.25) is 0 Å². The van der Waals surface area contributed by atoms with Crippen molar-refractivity contribution < 1.29 is 33.9 Å². The molecule has 186 valence electrons. The number of rotatable bonds is 7. The van der Waals surface area contributed by atoms with Crippen LogP contribution in [0.5, 0.6) is 0 Å². The summed E-state index contributed by atoms with van der Waals surface area (Å²) in [7, 11) is 1.31. The molecule has 0 spiro atoms. The molecule has 2 saturated heterocycles. The molecule has 2 aliphatic heterocycles. The van der Waals surface area contributed by atoms with Crippen molar-refractivity contribution in [1.82, 2.24) is 30.4 Å². The molecule has 0 unspecified atom stereocenters. The smallest absolute Gasteiger partial charge is 0.324 e. The van der Waals surface area contributed by atoms with Crippen molar-refractivity contribution in [2.24, 2.45) is 11.5 Å². The van der Waals surface area contributed by atoms with Gasteiger partial charge in [0.15, 0.2) is 0 Å². The van der Waals surface area contributed by atoms with E-state index in [2.05, 4.69) is 26.3 Å². The van der Waals surface area contributed by atoms with Gasteiger partial charge in [0.25, 0.3) is 0 Å². The number of imidazole rings is 1. The second-order valence-electron chi connectivity index (χ2n) is 7.69. The Hall–Kier alpha value is -4.01. The Balaban J connectivity index is 0.000000739. The SMILES string of the molecule is CN1C(=O)C[C@@H](C(=O)N[C@@H](Cc2cnc[nH]2)C(=O)N2CCC[C@H]2C(N)=O)NC1=O.NCC(=O)O. The predicted molar refractivity (Wildman–Crippen MR) is 115 cm³/mol. The first kappa shape index (κ1) is 26.2. The molecule has 0 radical (unpaired) electrons. The quantitative estimate of drug-likeness (QED) is 0.231. The van der Waals surface area contributed by atoms with Crippen molar-refractivity contribution in [3.05, 3.63) is 18.2 Å². The zero-order chi connectivity index (χ0) is 25.4. The second kappa shape index (κ2) is 11.7. The van der Waals surface area contributed by atoms with Crippen molar-refractivity contribution >= 4 is 35.6 Å². The van der Waals surface area contributed by atoms with Gasteiger partial charge in [-0.3, -0.25) is 28.9 Å². The minimum atomic E-state index is -1.09. The van der Waals surface area contributed by atoms with E-state index in [0.717, 1.165) is 4.90 Å². The molecule has 3 rings (SSSR count). The molecular weight excluding hydrogens is 452 g/mol. The van der Waals surface area contributed by atoms with Crippen LogP contribution in [-0.4, -0.2) is 98.8 Å². The van der Waals surface area contributed by atoms with Crippen LogP contribution in [0.1, 0.15) is 25.0 Å². The van der Waals surface area contributed by atoms with E-state index >= 15 is 0 Å². The van der Waals surface area contributed by atoms with Gasteiger partial charge in [0.2, 0.25) is 23.6 Å². The van der Waals surface area contributed by atoms with Gasteiger partial charge in [-0.1, -0.05) is 0 Å². The summed E-state index contributed by atoms with van der Waals surface area (Å²) >= 11 is 0. The van der Waals surface area contributed by atoms with Gasteiger partial charge in [-0.05, 0) is 12.8 Å². The fourth-order valence-corrected chi connectivity index (χ4v) is 3.50. The third-order valence-electron chi connectivity index (χ3n) is 5.30. The van der Waals surface area contributed by atoms with Gasteiger partial charge in [0.05, 0.1) is 19.3 Å². The molecule has 1 aromatic heterocycles. The van der Waals surface area contributed by atoms with E-state index in [4.69, 9.17) is 10.8 Å². The van der Waals surface area contributed by atoms with Crippen molar-refractivity contribution in [3.8, 4) is 0 Å². The van der Waals surface area contributed by atoms with E-state index in [-0.39, 0.29) is 19.4 Å². The summed E-state index contributed by atoms with van der Waals surface area (Å²) in [6.45, 7) is 0.0746. The lowest BCUT2D eigenvalue weighted by Gasteiger charge is -2.31. The summed E-state index contributed by atoms with van der Waals surface area (Å²) in [6, 6.07) is -3.53. The zero-order valence-corrected chi connectivity index (χ0v) is 18.5. The monoisotopic (exact) mass is 480 g/mol. The minimum absolute atomic E-state index is 0.0983. The van der Waals surface area contributed by atoms with Crippen LogP contribution >= 0.6 is 0 Å². The lowest BCUT2D eigenvalue weighted by molar-refractivity contribution is -0.141. The number of carbonyl (C=O) groups excluding carboxylic acids is 5. The number of nitrogens with zero attached hydrogens (tertiary/aromatic N) is 3. The standard InChI is InChI=1S/C17H23N7O5.C2H5NO2/c1-23-13(25)6-10(22-17(23)29)15(27)21-11(5-9-7-19-8-20-9)16(28)24-4-2-3-12(24)14(18)26;3-1-2(4)5/h7-8,10-12H,2-6H2,1H3,(H2,18,26)(H,19,20)(H,21,27)(H,22,29);1,3H2,(H,4,5)/t10-,11-,12-;/m0./s1. The molecule has 0 aromatic carbocycles. The number of hydrogen-bond acceptors (Lipinski definition) is 8. The van der Waals surface area contributed by atoms with Gasteiger partial charge >= 0.3 is 12.0 Å². The number of aliphatic carboxylic acids is 1. The Morgan fingerprint density at radius 3 is 2.53 bits per heavy atom. The van der Waals surface area contributed by atoms with Crippen molar-refractivity contribution in [2.45, 2.75) is 43.8 Å². The van der Waals surface area contributed by atoms with E-state index in [0.29, 0.717) is 25.1 Å². The molecule has 3 atom stereocenters. The number of aromatic amines is 1. The molecule has 8 N–H and O–H groups in total. The van der Waals surface area contributed by atoms with Crippen molar-refractivity contribution in [1.29, 1.82) is 0 Å². The highest BCUT2D eigenvalue weighted by Gasteiger charge is 2.39. The number of carboxylic acids is 1. The number of nitrogens with one attached hydrogen (secondary N) is 3. The number of likely N-dealkylation sites (tertiary alicyclic amines) is 1. The molecule has 15 heteroatoms. The number of carboxylic acid groups (broad SMARTS) is 1. The fraction of sp³-hybridized carbons (Fsp3) is 0.526. The number of primary amides is 1. The van der Waals surface area contributed by atoms with Crippen LogP contribution in [0.3, 0.4) is 0 Å². The van der Waals surface area contributed by atoms with Crippen LogP contribution < -0.4 is 22.1 Å². The number of H-pyrrole nitrogens is 1. The maximum atomic E-state index is 13.1. The Labute approximate surface area is 194 Å². The van der Waals surface area contributed by atoms with E-state index in [1.807, 2.05) is 0 Å². The summed E-state index contributed by atoms with van der Waals surface area (Å²) < 4.78 is 0. The van der Waals surface area contributed by atoms with E-state index in [9.17, 15) is 28.8 Å². The maximum absolute atomic E-state index is 13.1. The minimum Gasteiger partial charge on any atom is -0.480 e. The Bertz CT molecular complexity index is 917. The number of carbonyl (C=O) groups is 6. The number of imide groups is 1. The van der Waals surface area contributed by atoms with Crippen LogP contribution in [0.4, 0.5) is 4.79 Å². The first-order valence-electron chi connectivity index (χ1n) is 10.4. The van der Waals surface area contributed by atoms with Crippen LogP contribution in [0.15, 0.2) is 12.5 Å². The molecule has 0 bridgehead atoms. The molecule has 3 heterocycles. The Morgan fingerprint density at radius 1 is 1.32 bits per heavy atom. The molecule has 34 heavy (non-hydrogen) atoms. The highest BCUT2D eigenvalue weighted by atomic mass is 16.4. The topological polar surface area (TPSA) is 234 Å². The number of urea groups is 1. The number of hydrogen-bond donors (Lipinski definition) is 6. The number of aromatic nitrogens is 2. The summed E-state index contributed by atoms with van der Waals surface area (Å²) in [5.74, 6) is -3.19. The molecule has 0 saturated carbocycles. The molecule has 2 fully saturated rings. The van der Waals surface area contributed by atoms with Crippen LogP contribution in [0.25, 0.3) is 0 Å².